The molecule has 1 fully saturated rings. The third kappa shape index (κ3) is 4.61. The van der Waals surface area contributed by atoms with Crippen molar-refractivity contribution in [2.45, 2.75) is 37.8 Å². The number of hydrogen-bond acceptors (Lipinski definition) is 4. The Kier molecular flexibility index (Phi) is 6.47. The number of nitrogens with zero attached hydrogens (tertiary/aromatic N) is 1. The largest absolute Gasteiger partial charge is 0.370 e. The van der Waals surface area contributed by atoms with Gasteiger partial charge in [-0.1, -0.05) is 12.8 Å². The number of carbonyl (C=O) groups is 1. The summed E-state index contributed by atoms with van der Waals surface area (Å²) in [7, 11) is 3.63. The van der Waals surface area contributed by atoms with Gasteiger partial charge >= 0.3 is 0 Å². The van der Waals surface area contributed by atoms with Crippen molar-refractivity contribution in [2.24, 2.45) is 5.73 Å². The Bertz CT molecular complexity index is 226. The van der Waals surface area contributed by atoms with Crippen LogP contribution in [0, 0.1) is 0 Å². The van der Waals surface area contributed by atoms with E-state index in [1.807, 2.05) is 0 Å². The Balaban J connectivity index is 2.15. The topological polar surface area (TPSA) is 67.6 Å². The summed E-state index contributed by atoms with van der Waals surface area (Å²) in [5, 5.41) is 2.85. The van der Waals surface area contributed by atoms with Crippen molar-refractivity contribution in [3.8, 4) is 0 Å². The van der Waals surface area contributed by atoms with Gasteiger partial charge in [-0.2, -0.15) is 0 Å². The number of nitrogens with two attached hydrogens (primary N) is 1. The smallest absolute Gasteiger partial charge is 0.250 e. The van der Waals surface area contributed by atoms with Crippen molar-refractivity contribution in [2.75, 3.05) is 33.8 Å². The molecule has 1 atom stereocenters. The molecule has 1 rings (SSSR count). The predicted molar refractivity (Wildman–Crippen MR) is 67.7 cm³/mol. The van der Waals surface area contributed by atoms with Gasteiger partial charge in [0.1, 0.15) is 6.10 Å². The first-order chi connectivity index (χ1) is 8.19. The third-order valence-electron chi connectivity index (χ3n) is 3.50. The number of methoxy groups -OCH3 is 1. The molecule has 0 aliphatic heterocycles. The highest BCUT2D eigenvalue weighted by atomic mass is 16.5. The fraction of sp³-hybridized carbons (Fsp3) is 0.917. The molecule has 0 heterocycles. The maximum atomic E-state index is 11.6. The van der Waals surface area contributed by atoms with Crippen molar-refractivity contribution >= 4 is 5.91 Å². The van der Waals surface area contributed by atoms with E-state index in [0.717, 1.165) is 6.54 Å². The number of carbonyl (C=O) groups excluding carboxylic acids is 1. The summed E-state index contributed by atoms with van der Waals surface area (Å²) in [5.74, 6) is -0.116. The number of rotatable bonds is 7. The summed E-state index contributed by atoms with van der Waals surface area (Å²) < 4.78 is 4.97. The SMILES string of the molecule is COC(CN)C(=O)NCCN(C)C1CCCC1. The van der Waals surface area contributed by atoms with E-state index in [9.17, 15) is 4.79 Å². The molecule has 1 unspecified atom stereocenters. The van der Waals surface area contributed by atoms with Crippen LogP contribution in [0.5, 0.6) is 0 Å². The second-order valence-electron chi connectivity index (χ2n) is 4.67. The highest BCUT2D eigenvalue weighted by Crippen LogP contribution is 2.21. The van der Waals surface area contributed by atoms with Crippen LogP contribution in [0.4, 0.5) is 0 Å². The van der Waals surface area contributed by atoms with Crippen molar-refractivity contribution < 1.29 is 9.53 Å². The summed E-state index contributed by atoms with van der Waals surface area (Å²) >= 11 is 0. The van der Waals surface area contributed by atoms with Crippen LogP contribution in [0.3, 0.4) is 0 Å². The Morgan fingerprint density at radius 2 is 2.18 bits per heavy atom. The molecule has 1 aliphatic carbocycles. The monoisotopic (exact) mass is 243 g/mol. The van der Waals surface area contributed by atoms with Crippen molar-refractivity contribution in [1.82, 2.24) is 10.2 Å². The van der Waals surface area contributed by atoms with Gasteiger partial charge in [0.25, 0.3) is 0 Å². The molecule has 0 radical (unpaired) electrons. The molecule has 1 saturated carbocycles. The molecule has 0 bridgehead atoms. The van der Waals surface area contributed by atoms with Gasteiger partial charge in [-0.05, 0) is 19.9 Å². The van der Waals surface area contributed by atoms with Crippen LogP contribution < -0.4 is 11.1 Å². The van der Waals surface area contributed by atoms with Gasteiger partial charge in [-0.15, -0.1) is 0 Å². The lowest BCUT2D eigenvalue weighted by atomic mass is 10.2. The molecule has 3 N–H and O–H groups in total. The number of likely N-dealkylation sites (N-methyl/N-ethyl adjacent to an activating group) is 1. The van der Waals surface area contributed by atoms with Gasteiger partial charge in [0, 0.05) is 32.8 Å². The van der Waals surface area contributed by atoms with E-state index < -0.39 is 6.10 Å². The van der Waals surface area contributed by atoms with E-state index in [1.54, 1.807) is 0 Å². The van der Waals surface area contributed by atoms with Gasteiger partial charge < -0.3 is 20.7 Å². The van der Waals surface area contributed by atoms with Gasteiger partial charge in [-0.25, -0.2) is 0 Å². The lowest BCUT2D eigenvalue weighted by Crippen LogP contribution is -2.44. The van der Waals surface area contributed by atoms with Crippen LogP contribution >= 0.6 is 0 Å². The average molecular weight is 243 g/mol. The molecule has 0 aromatic rings. The van der Waals surface area contributed by atoms with Crippen molar-refractivity contribution in [1.29, 1.82) is 0 Å². The molecular weight excluding hydrogens is 218 g/mol. The highest BCUT2D eigenvalue weighted by molar-refractivity contribution is 5.80. The first-order valence-electron chi connectivity index (χ1n) is 6.39. The lowest BCUT2D eigenvalue weighted by molar-refractivity contribution is -0.130. The van der Waals surface area contributed by atoms with E-state index in [2.05, 4.69) is 17.3 Å². The minimum Gasteiger partial charge on any atom is -0.370 e. The quantitative estimate of drug-likeness (QED) is 0.658. The standard InChI is InChI=1S/C12H25N3O2/c1-15(10-5-3-4-6-10)8-7-14-12(16)11(9-13)17-2/h10-11H,3-9,13H2,1-2H3,(H,14,16). The molecule has 0 spiro atoms. The van der Waals surface area contributed by atoms with Gasteiger partial charge in [0.2, 0.25) is 5.91 Å². The molecule has 17 heavy (non-hydrogen) atoms. The average Bonchev–Trinajstić information content (AvgIpc) is 2.84. The van der Waals surface area contributed by atoms with E-state index >= 15 is 0 Å². The fourth-order valence-electron chi connectivity index (χ4n) is 2.31. The normalized spacial score (nSPS) is 18.6. The maximum Gasteiger partial charge on any atom is 0.250 e. The van der Waals surface area contributed by atoms with Gasteiger partial charge in [0.15, 0.2) is 0 Å². The molecule has 100 valence electrons. The van der Waals surface area contributed by atoms with Crippen molar-refractivity contribution in [3.05, 3.63) is 0 Å². The van der Waals surface area contributed by atoms with E-state index in [4.69, 9.17) is 10.5 Å². The van der Waals surface area contributed by atoms with Gasteiger partial charge in [-0.3, -0.25) is 4.79 Å². The predicted octanol–water partition coefficient (Wildman–Crippen LogP) is -0.0493. The Morgan fingerprint density at radius 3 is 2.71 bits per heavy atom. The van der Waals surface area contributed by atoms with E-state index in [1.165, 1.54) is 32.8 Å². The Labute approximate surface area is 104 Å². The van der Waals surface area contributed by atoms with E-state index in [0.29, 0.717) is 12.6 Å². The second kappa shape index (κ2) is 7.63. The second-order valence-corrected chi connectivity index (χ2v) is 4.67. The third-order valence-corrected chi connectivity index (χ3v) is 3.50. The van der Waals surface area contributed by atoms with Gasteiger partial charge in [0.05, 0.1) is 0 Å². The zero-order chi connectivity index (χ0) is 12.7. The summed E-state index contributed by atoms with van der Waals surface area (Å²) in [6, 6.07) is 0.694. The van der Waals surface area contributed by atoms with Crippen LogP contribution in [0.25, 0.3) is 0 Å². The fourth-order valence-corrected chi connectivity index (χ4v) is 2.31. The minimum absolute atomic E-state index is 0.116. The highest BCUT2D eigenvalue weighted by Gasteiger charge is 2.20. The summed E-state index contributed by atoms with van der Waals surface area (Å²) in [5.41, 5.74) is 5.42. The molecule has 0 aromatic carbocycles. The van der Waals surface area contributed by atoms with Crippen LogP contribution in [0.15, 0.2) is 0 Å². The number of nitrogens with one attached hydrogen (secondary N) is 1. The molecule has 5 nitrogen and oxygen atoms in total. The van der Waals surface area contributed by atoms with E-state index in [-0.39, 0.29) is 12.5 Å². The Morgan fingerprint density at radius 1 is 1.53 bits per heavy atom. The number of ether oxygens (including phenoxy) is 1. The zero-order valence-corrected chi connectivity index (χ0v) is 10.9. The summed E-state index contributed by atoms with van der Waals surface area (Å²) in [6.07, 6.45) is 4.72. The Hall–Kier alpha value is -0.650. The molecule has 5 heteroatoms. The zero-order valence-electron chi connectivity index (χ0n) is 10.9. The summed E-state index contributed by atoms with van der Waals surface area (Å²) in [4.78, 5) is 13.9. The number of amides is 1. The lowest BCUT2D eigenvalue weighted by Gasteiger charge is -2.24. The first-order valence-corrected chi connectivity index (χ1v) is 6.39. The summed E-state index contributed by atoms with van der Waals surface area (Å²) in [6.45, 7) is 1.77. The van der Waals surface area contributed by atoms with Crippen LogP contribution in [-0.2, 0) is 9.53 Å². The van der Waals surface area contributed by atoms with Crippen LogP contribution in [-0.4, -0.2) is 56.7 Å². The van der Waals surface area contributed by atoms with Crippen LogP contribution in [0.1, 0.15) is 25.7 Å². The maximum absolute atomic E-state index is 11.6. The first kappa shape index (κ1) is 14.4. The molecule has 1 aliphatic rings. The van der Waals surface area contributed by atoms with Crippen molar-refractivity contribution in [3.63, 3.8) is 0 Å². The molecule has 0 saturated heterocycles. The minimum atomic E-state index is -0.521. The molecule has 0 aromatic heterocycles. The van der Waals surface area contributed by atoms with Crippen LogP contribution in [0.2, 0.25) is 0 Å². The molecular formula is C12H25N3O2. The number of hydrogen-bond donors (Lipinski definition) is 2. The molecule has 1 amide bonds.